The van der Waals surface area contributed by atoms with E-state index in [0.29, 0.717) is 30.1 Å². The molecular weight excluding hydrogens is 342 g/mol. The molecule has 0 radical (unpaired) electrons. The van der Waals surface area contributed by atoms with Gasteiger partial charge in [-0.05, 0) is 44.4 Å². The van der Waals surface area contributed by atoms with Crippen molar-refractivity contribution >= 4 is 21.6 Å². The molecule has 1 aliphatic heterocycles. The lowest BCUT2D eigenvalue weighted by molar-refractivity contribution is 0.101. The standard InChI is InChI=1S/C17H21N3O4S/c1-12-6-7-14(18-17(21)15-10-13(2)24-19-15)11-16(12)25(22,23)20-8-4-3-5-9-20/h6-7,10-11H,3-5,8-9H2,1-2H3,(H,18,21). The first-order chi connectivity index (χ1) is 11.9. The van der Waals surface area contributed by atoms with Crippen LogP contribution in [-0.4, -0.2) is 36.9 Å². The maximum Gasteiger partial charge on any atom is 0.277 e. The number of amides is 1. The summed E-state index contributed by atoms with van der Waals surface area (Å²) in [5.41, 5.74) is 1.21. The third kappa shape index (κ3) is 3.74. The molecule has 8 heteroatoms. The number of sulfonamides is 1. The summed E-state index contributed by atoms with van der Waals surface area (Å²) in [7, 11) is -3.56. The molecule has 3 rings (SSSR count). The van der Waals surface area contributed by atoms with Crippen LogP contribution in [-0.2, 0) is 10.0 Å². The van der Waals surface area contributed by atoms with Gasteiger partial charge in [-0.3, -0.25) is 4.79 Å². The summed E-state index contributed by atoms with van der Waals surface area (Å²) in [6, 6.07) is 6.40. The molecule has 0 atom stereocenters. The van der Waals surface area contributed by atoms with Gasteiger partial charge in [0.25, 0.3) is 5.91 Å². The van der Waals surface area contributed by atoms with Crippen molar-refractivity contribution in [3.05, 3.63) is 41.3 Å². The van der Waals surface area contributed by atoms with Gasteiger partial charge >= 0.3 is 0 Å². The van der Waals surface area contributed by atoms with Crippen LogP contribution >= 0.6 is 0 Å². The van der Waals surface area contributed by atoms with Crippen molar-refractivity contribution in [2.24, 2.45) is 0 Å². The number of piperidine rings is 1. The minimum Gasteiger partial charge on any atom is -0.361 e. The lowest BCUT2D eigenvalue weighted by atomic mass is 10.2. The Balaban J connectivity index is 1.86. The predicted octanol–water partition coefficient (Wildman–Crippen LogP) is 2.72. The van der Waals surface area contributed by atoms with Crippen molar-refractivity contribution in [2.75, 3.05) is 18.4 Å². The molecule has 1 N–H and O–H groups in total. The number of rotatable bonds is 4. The number of benzene rings is 1. The van der Waals surface area contributed by atoms with Gasteiger partial charge in [-0.2, -0.15) is 4.31 Å². The second-order valence-electron chi connectivity index (χ2n) is 6.22. The average Bonchev–Trinajstić information content (AvgIpc) is 3.04. The predicted molar refractivity (Wildman–Crippen MR) is 93.0 cm³/mol. The Kier molecular flexibility index (Phi) is 4.91. The number of nitrogens with zero attached hydrogens (tertiary/aromatic N) is 2. The minimum absolute atomic E-state index is 0.151. The van der Waals surface area contributed by atoms with Gasteiger partial charge in [-0.1, -0.05) is 17.6 Å². The van der Waals surface area contributed by atoms with Crippen LogP contribution in [0.5, 0.6) is 0 Å². The zero-order valence-electron chi connectivity index (χ0n) is 14.3. The molecule has 134 valence electrons. The topological polar surface area (TPSA) is 92.5 Å². The summed E-state index contributed by atoms with van der Waals surface area (Å²) >= 11 is 0. The quantitative estimate of drug-likeness (QED) is 0.901. The van der Waals surface area contributed by atoms with E-state index in [4.69, 9.17) is 4.52 Å². The number of hydrogen-bond acceptors (Lipinski definition) is 5. The minimum atomic E-state index is -3.56. The smallest absolute Gasteiger partial charge is 0.277 e. The SMILES string of the molecule is Cc1cc(C(=O)Nc2ccc(C)c(S(=O)(=O)N3CCCCC3)c2)no1. The second-order valence-corrected chi connectivity index (χ2v) is 8.13. The molecule has 1 fully saturated rings. The Hall–Kier alpha value is -2.19. The van der Waals surface area contributed by atoms with Gasteiger partial charge < -0.3 is 9.84 Å². The Morgan fingerprint density at radius 1 is 1.16 bits per heavy atom. The van der Waals surface area contributed by atoms with Gasteiger partial charge in [0, 0.05) is 24.8 Å². The summed E-state index contributed by atoms with van der Waals surface area (Å²) in [5.74, 6) is 0.0874. The zero-order chi connectivity index (χ0) is 18.0. The number of nitrogens with one attached hydrogen (secondary N) is 1. The molecular formula is C17H21N3O4S. The van der Waals surface area contributed by atoms with Crippen LogP contribution < -0.4 is 5.32 Å². The van der Waals surface area contributed by atoms with E-state index in [1.807, 2.05) is 0 Å². The molecule has 2 aromatic rings. The fourth-order valence-corrected chi connectivity index (χ4v) is 4.64. The normalized spacial score (nSPS) is 15.9. The van der Waals surface area contributed by atoms with Gasteiger partial charge in [0.05, 0.1) is 4.90 Å². The second kappa shape index (κ2) is 6.97. The van der Waals surface area contributed by atoms with Crippen LogP contribution in [0.3, 0.4) is 0 Å². The van der Waals surface area contributed by atoms with Gasteiger partial charge in [-0.15, -0.1) is 0 Å². The van der Waals surface area contributed by atoms with Crippen molar-refractivity contribution in [1.29, 1.82) is 0 Å². The molecule has 25 heavy (non-hydrogen) atoms. The molecule has 1 amide bonds. The fourth-order valence-electron chi connectivity index (χ4n) is 2.87. The van der Waals surface area contributed by atoms with Crippen molar-refractivity contribution in [3.8, 4) is 0 Å². The summed E-state index contributed by atoms with van der Waals surface area (Å²) in [6.07, 6.45) is 2.80. The average molecular weight is 363 g/mol. The van der Waals surface area contributed by atoms with Crippen LogP contribution in [0.2, 0.25) is 0 Å². The van der Waals surface area contributed by atoms with Crippen LogP contribution in [0, 0.1) is 13.8 Å². The van der Waals surface area contributed by atoms with Crippen LogP contribution in [0.15, 0.2) is 33.7 Å². The highest BCUT2D eigenvalue weighted by molar-refractivity contribution is 7.89. The molecule has 0 bridgehead atoms. The van der Waals surface area contributed by atoms with E-state index >= 15 is 0 Å². The van der Waals surface area contributed by atoms with E-state index < -0.39 is 15.9 Å². The summed E-state index contributed by atoms with van der Waals surface area (Å²) < 4.78 is 32.2. The monoisotopic (exact) mass is 363 g/mol. The largest absolute Gasteiger partial charge is 0.361 e. The number of carbonyl (C=O) groups excluding carboxylic acids is 1. The van der Waals surface area contributed by atoms with Gasteiger partial charge in [0.15, 0.2) is 5.69 Å². The first kappa shape index (κ1) is 17.6. The summed E-state index contributed by atoms with van der Waals surface area (Å²) in [5, 5.41) is 6.33. The molecule has 0 saturated carbocycles. The van der Waals surface area contributed by atoms with Crippen LogP contribution in [0.1, 0.15) is 41.1 Å². The van der Waals surface area contributed by atoms with E-state index in [9.17, 15) is 13.2 Å². The molecule has 1 aliphatic rings. The number of anilines is 1. The van der Waals surface area contributed by atoms with Gasteiger partial charge in [-0.25, -0.2) is 8.42 Å². The Morgan fingerprint density at radius 3 is 2.52 bits per heavy atom. The molecule has 7 nitrogen and oxygen atoms in total. The maximum atomic E-state index is 12.9. The fraction of sp³-hybridized carbons (Fsp3) is 0.412. The third-order valence-corrected chi connectivity index (χ3v) is 6.28. The third-order valence-electron chi connectivity index (χ3n) is 4.24. The van der Waals surface area contributed by atoms with Crippen molar-refractivity contribution in [1.82, 2.24) is 9.46 Å². The maximum absolute atomic E-state index is 12.9. The molecule has 2 heterocycles. The van der Waals surface area contributed by atoms with E-state index in [1.54, 1.807) is 26.0 Å². The first-order valence-corrected chi connectivity index (χ1v) is 9.67. The van der Waals surface area contributed by atoms with E-state index in [0.717, 1.165) is 19.3 Å². The molecule has 0 spiro atoms. The van der Waals surface area contributed by atoms with Crippen LogP contribution in [0.25, 0.3) is 0 Å². The number of hydrogen-bond donors (Lipinski definition) is 1. The molecule has 0 aliphatic carbocycles. The molecule has 1 aromatic heterocycles. The van der Waals surface area contributed by atoms with Crippen LogP contribution in [0.4, 0.5) is 5.69 Å². The number of aromatic nitrogens is 1. The van der Waals surface area contributed by atoms with Gasteiger partial charge in [0.1, 0.15) is 5.76 Å². The first-order valence-electron chi connectivity index (χ1n) is 8.23. The Bertz CT molecular complexity index is 883. The lowest BCUT2D eigenvalue weighted by Gasteiger charge is -2.26. The van der Waals surface area contributed by atoms with Crippen molar-refractivity contribution in [2.45, 2.75) is 38.0 Å². The van der Waals surface area contributed by atoms with Gasteiger partial charge in [0.2, 0.25) is 10.0 Å². The molecule has 0 unspecified atom stereocenters. The summed E-state index contributed by atoms with van der Waals surface area (Å²) in [6.45, 7) is 4.52. The highest BCUT2D eigenvalue weighted by atomic mass is 32.2. The van der Waals surface area contributed by atoms with E-state index in [2.05, 4.69) is 10.5 Å². The number of aryl methyl sites for hydroxylation is 2. The van der Waals surface area contributed by atoms with E-state index in [-0.39, 0.29) is 10.6 Å². The van der Waals surface area contributed by atoms with Crippen molar-refractivity contribution < 1.29 is 17.7 Å². The van der Waals surface area contributed by atoms with E-state index in [1.165, 1.54) is 16.4 Å². The Labute approximate surface area is 147 Å². The summed E-state index contributed by atoms with van der Waals surface area (Å²) in [4.78, 5) is 12.4. The molecule has 1 aromatic carbocycles. The van der Waals surface area contributed by atoms with Crippen molar-refractivity contribution in [3.63, 3.8) is 0 Å². The zero-order valence-corrected chi connectivity index (χ0v) is 15.1. The highest BCUT2D eigenvalue weighted by Crippen LogP contribution is 2.26. The lowest BCUT2D eigenvalue weighted by Crippen LogP contribution is -2.36. The number of carbonyl (C=O) groups is 1. The highest BCUT2D eigenvalue weighted by Gasteiger charge is 2.27. The molecule has 1 saturated heterocycles. The Morgan fingerprint density at radius 2 is 1.88 bits per heavy atom.